The van der Waals surface area contributed by atoms with E-state index in [0.717, 1.165) is 23.3 Å². The highest BCUT2D eigenvalue weighted by Gasteiger charge is 1.88. The van der Waals surface area contributed by atoms with Gasteiger partial charge in [-0.25, -0.2) is 0 Å². The highest BCUT2D eigenvalue weighted by molar-refractivity contribution is 7.80. The number of thiol groups is 1. The predicted molar refractivity (Wildman–Crippen MR) is 57.7 cm³/mol. The summed E-state index contributed by atoms with van der Waals surface area (Å²) in [5, 5.41) is 8.80. The van der Waals surface area contributed by atoms with E-state index in [9.17, 15) is 0 Å². The van der Waals surface area contributed by atoms with Crippen molar-refractivity contribution in [3.63, 3.8) is 0 Å². The summed E-state index contributed by atoms with van der Waals surface area (Å²) in [6.07, 6.45) is 0.810. The molecule has 1 rings (SSSR count). The van der Waals surface area contributed by atoms with Crippen molar-refractivity contribution in [3.8, 4) is 11.8 Å². The first-order chi connectivity index (χ1) is 6.36. The molecule has 0 saturated heterocycles. The van der Waals surface area contributed by atoms with Gasteiger partial charge in [0.25, 0.3) is 0 Å². The molecule has 0 saturated carbocycles. The van der Waals surface area contributed by atoms with Gasteiger partial charge in [0.1, 0.15) is 0 Å². The van der Waals surface area contributed by atoms with Crippen molar-refractivity contribution in [2.45, 2.75) is 13.0 Å². The zero-order valence-corrected chi connectivity index (χ0v) is 8.22. The lowest BCUT2D eigenvalue weighted by molar-refractivity contribution is 0.282. The Balaban J connectivity index is 2.65. The van der Waals surface area contributed by atoms with Crippen LogP contribution in [0.15, 0.2) is 24.3 Å². The third-order valence-electron chi connectivity index (χ3n) is 1.61. The fourth-order valence-corrected chi connectivity index (χ4v) is 1.03. The van der Waals surface area contributed by atoms with E-state index in [0.29, 0.717) is 0 Å². The lowest BCUT2D eigenvalue weighted by atomic mass is 10.1. The topological polar surface area (TPSA) is 20.2 Å². The fourth-order valence-electron chi connectivity index (χ4n) is 0.914. The second-order valence-corrected chi connectivity index (χ2v) is 3.08. The van der Waals surface area contributed by atoms with Crippen molar-refractivity contribution in [2.75, 3.05) is 5.75 Å². The number of aliphatic hydroxyl groups excluding tert-OH is 1. The van der Waals surface area contributed by atoms with E-state index in [-0.39, 0.29) is 6.61 Å². The number of benzene rings is 1. The van der Waals surface area contributed by atoms with Crippen LogP contribution in [0, 0.1) is 11.8 Å². The maximum Gasteiger partial charge on any atom is 0.0681 e. The van der Waals surface area contributed by atoms with Crippen LogP contribution >= 0.6 is 12.6 Å². The second kappa shape index (κ2) is 5.69. The van der Waals surface area contributed by atoms with Crippen LogP contribution in [-0.4, -0.2) is 10.9 Å². The molecule has 0 aromatic heterocycles. The lowest BCUT2D eigenvalue weighted by Gasteiger charge is -1.94. The Kier molecular flexibility index (Phi) is 4.45. The summed E-state index contributed by atoms with van der Waals surface area (Å²) < 4.78 is 0. The summed E-state index contributed by atoms with van der Waals surface area (Å²) in [4.78, 5) is 0. The normalized spacial score (nSPS) is 9.08. The molecule has 0 heterocycles. The van der Waals surface area contributed by atoms with E-state index >= 15 is 0 Å². The van der Waals surface area contributed by atoms with E-state index < -0.39 is 0 Å². The van der Waals surface area contributed by atoms with Gasteiger partial charge in [-0.1, -0.05) is 24.0 Å². The molecule has 0 aliphatic carbocycles. The summed E-state index contributed by atoms with van der Waals surface area (Å²) in [5.74, 6) is 6.81. The molecule has 1 aromatic carbocycles. The van der Waals surface area contributed by atoms with E-state index in [1.54, 1.807) is 0 Å². The average molecular weight is 192 g/mol. The molecule has 13 heavy (non-hydrogen) atoms. The molecule has 1 nitrogen and oxygen atoms in total. The first-order valence-electron chi connectivity index (χ1n) is 4.16. The Bertz CT molecular complexity index is 305. The SMILES string of the molecule is OCc1ccc(C#CCCS)cc1. The van der Waals surface area contributed by atoms with Crippen LogP contribution in [-0.2, 0) is 6.61 Å². The third kappa shape index (κ3) is 3.54. The van der Waals surface area contributed by atoms with Crippen LogP contribution in [0.4, 0.5) is 0 Å². The Morgan fingerprint density at radius 2 is 1.92 bits per heavy atom. The van der Waals surface area contributed by atoms with Gasteiger partial charge in [-0.2, -0.15) is 12.6 Å². The van der Waals surface area contributed by atoms with Gasteiger partial charge in [0.05, 0.1) is 6.61 Å². The molecule has 2 heteroatoms. The van der Waals surface area contributed by atoms with Crippen molar-refractivity contribution in [1.82, 2.24) is 0 Å². The van der Waals surface area contributed by atoms with Crippen molar-refractivity contribution >= 4 is 12.6 Å². The molecular formula is C11H12OS. The zero-order valence-electron chi connectivity index (χ0n) is 7.33. The number of hydrogen-bond donors (Lipinski definition) is 2. The molecule has 0 fully saturated rings. The van der Waals surface area contributed by atoms with Crippen LogP contribution in [0.5, 0.6) is 0 Å². The Morgan fingerprint density at radius 1 is 1.23 bits per heavy atom. The van der Waals surface area contributed by atoms with Crippen molar-refractivity contribution in [1.29, 1.82) is 0 Å². The molecule has 0 aliphatic rings. The summed E-state index contributed by atoms with van der Waals surface area (Å²) in [7, 11) is 0. The van der Waals surface area contributed by atoms with Gasteiger partial charge in [0.15, 0.2) is 0 Å². The fraction of sp³-hybridized carbons (Fsp3) is 0.273. The lowest BCUT2D eigenvalue weighted by Crippen LogP contribution is -1.82. The van der Waals surface area contributed by atoms with Gasteiger partial charge >= 0.3 is 0 Å². The number of hydrogen-bond acceptors (Lipinski definition) is 2. The molecule has 0 amide bonds. The minimum Gasteiger partial charge on any atom is -0.392 e. The molecule has 0 atom stereocenters. The van der Waals surface area contributed by atoms with Gasteiger partial charge in [-0.3, -0.25) is 0 Å². The second-order valence-electron chi connectivity index (χ2n) is 2.63. The zero-order chi connectivity index (χ0) is 9.52. The average Bonchev–Trinajstić information content (AvgIpc) is 2.19. The smallest absolute Gasteiger partial charge is 0.0681 e. The number of rotatable bonds is 2. The van der Waals surface area contributed by atoms with Crippen molar-refractivity contribution < 1.29 is 5.11 Å². The van der Waals surface area contributed by atoms with Crippen LogP contribution < -0.4 is 0 Å². The van der Waals surface area contributed by atoms with E-state index in [2.05, 4.69) is 24.5 Å². The van der Waals surface area contributed by atoms with Crippen LogP contribution in [0.2, 0.25) is 0 Å². The van der Waals surface area contributed by atoms with Crippen molar-refractivity contribution in [3.05, 3.63) is 35.4 Å². The largest absolute Gasteiger partial charge is 0.392 e. The molecule has 0 unspecified atom stereocenters. The van der Waals surface area contributed by atoms with Gasteiger partial charge in [0, 0.05) is 17.7 Å². The Morgan fingerprint density at radius 3 is 2.46 bits per heavy atom. The Hall–Kier alpha value is -0.910. The highest BCUT2D eigenvalue weighted by atomic mass is 32.1. The van der Waals surface area contributed by atoms with Crippen LogP contribution in [0.3, 0.4) is 0 Å². The summed E-state index contributed by atoms with van der Waals surface area (Å²) in [6, 6.07) is 7.59. The van der Waals surface area contributed by atoms with E-state index in [4.69, 9.17) is 5.11 Å². The predicted octanol–water partition coefficient (Wildman–Crippen LogP) is 1.85. The maximum absolute atomic E-state index is 8.80. The minimum absolute atomic E-state index is 0.0876. The summed E-state index contributed by atoms with van der Waals surface area (Å²) in [5.41, 5.74) is 1.90. The highest BCUT2D eigenvalue weighted by Crippen LogP contribution is 2.02. The van der Waals surface area contributed by atoms with Crippen molar-refractivity contribution in [2.24, 2.45) is 0 Å². The summed E-state index contributed by atoms with van der Waals surface area (Å²) >= 11 is 4.06. The molecule has 0 bridgehead atoms. The molecule has 1 N–H and O–H groups in total. The van der Waals surface area contributed by atoms with Crippen LogP contribution in [0.25, 0.3) is 0 Å². The molecule has 1 aromatic rings. The van der Waals surface area contributed by atoms with E-state index in [1.165, 1.54) is 0 Å². The first kappa shape index (κ1) is 10.2. The first-order valence-corrected chi connectivity index (χ1v) is 4.79. The summed E-state index contributed by atoms with van der Waals surface area (Å²) in [6.45, 7) is 0.0876. The molecule has 68 valence electrons. The molecule has 0 spiro atoms. The monoisotopic (exact) mass is 192 g/mol. The minimum atomic E-state index is 0.0876. The molecule has 0 radical (unpaired) electrons. The third-order valence-corrected chi connectivity index (χ3v) is 1.83. The number of aliphatic hydroxyl groups is 1. The van der Waals surface area contributed by atoms with E-state index in [1.807, 2.05) is 24.3 Å². The molecule has 0 aliphatic heterocycles. The molecular weight excluding hydrogens is 180 g/mol. The standard InChI is InChI=1S/C11H12OS/c12-9-11-6-4-10(5-7-11)3-1-2-8-13/h4-7,12-13H,2,8-9H2. The van der Waals surface area contributed by atoms with Gasteiger partial charge in [-0.15, -0.1) is 0 Å². The van der Waals surface area contributed by atoms with Crippen LogP contribution in [0.1, 0.15) is 17.5 Å². The van der Waals surface area contributed by atoms with Gasteiger partial charge in [-0.05, 0) is 17.7 Å². The quantitative estimate of drug-likeness (QED) is 0.541. The Labute approximate surface area is 84.2 Å². The maximum atomic E-state index is 8.80. The van der Waals surface area contributed by atoms with Gasteiger partial charge in [0.2, 0.25) is 0 Å². The van der Waals surface area contributed by atoms with Gasteiger partial charge < -0.3 is 5.11 Å².